The maximum Gasteiger partial charge on any atom is 0.339 e. The summed E-state index contributed by atoms with van der Waals surface area (Å²) in [5, 5.41) is 10.9. The lowest BCUT2D eigenvalue weighted by atomic mass is 10.1. The molecule has 1 aromatic rings. The van der Waals surface area contributed by atoms with Gasteiger partial charge < -0.3 is 10.1 Å². The molecule has 0 saturated carbocycles. The molecule has 1 aromatic carbocycles. The molecule has 88 valence electrons. The van der Waals surface area contributed by atoms with Gasteiger partial charge in [-0.2, -0.15) is 5.26 Å². The maximum atomic E-state index is 11.5. The number of amides is 1. The first-order valence-electron chi connectivity index (χ1n) is 4.95. The summed E-state index contributed by atoms with van der Waals surface area (Å²) >= 11 is 0. The van der Waals surface area contributed by atoms with Crippen LogP contribution in [0, 0.1) is 18.3 Å². The Morgan fingerprint density at radius 3 is 2.76 bits per heavy atom. The molecule has 17 heavy (non-hydrogen) atoms. The van der Waals surface area contributed by atoms with E-state index in [-0.39, 0.29) is 12.0 Å². The minimum atomic E-state index is -0.527. The van der Waals surface area contributed by atoms with Crippen molar-refractivity contribution in [2.45, 2.75) is 13.3 Å². The van der Waals surface area contributed by atoms with Gasteiger partial charge in [0.25, 0.3) is 0 Å². The highest BCUT2D eigenvalue weighted by molar-refractivity contribution is 6.02. The molecule has 0 radical (unpaired) electrons. The van der Waals surface area contributed by atoms with Crippen LogP contribution in [0.4, 0.5) is 5.69 Å². The number of aryl methyl sites for hydroxylation is 1. The quantitative estimate of drug-likeness (QED) is 0.803. The number of benzene rings is 1. The zero-order valence-corrected chi connectivity index (χ0v) is 9.61. The van der Waals surface area contributed by atoms with E-state index < -0.39 is 11.9 Å². The average molecular weight is 232 g/mol. The molecular weight excluding hydrogens is 220 g/mol. The first-order chi connectivity index (χ1) is 8.10. The number of methoxy groups -OCH3 is 1. The second-order valence-corrected chi connectivity index (χ2v) is 3.37. The number of nitrogens with zero attached hydrogens (tertiary/aromatic N) is 1. The van der Waals surface area contributed by atoms with Gasteiger partial charge in [0, 0.05) is 0 Å². The van der Waals surface area contributed by atoms with Crippen molar-refractivity contribution in [2.75, 3.05) is 12.4 Å². The SMILES string of the molecule is COC(=O)c1cccc(C)c1NC(=O)CC#N. The monoisotopic (exact) mass is 232 g/mol. The van der Waals surface area contributed by atoms with Crippen LogP contribution >= 0.6 is 0 Å². The van der Waals surface area contributed by atoms with Crippen LogP contribution in [0.1, 0.15) is 22.3 Å². The summed E-state index contributed by atoms with van der Waals surface area (Å²) < 4.78 is 4.62. The summed E-state index contributed by atoms with van der Waals surface area (Å²) in [4.78, 5) is 22.8. The number of nitriles is 1. The lowest BCUT2D eigenvalue weighted by molar-refractivity contribution is -0.115. The van der Waals surface area contributed by atoms with Crippen LogP contribution in [0.5, 0.6) is 0 Å². The Balaban J connectivity index is 3.09. The van der Waals surface area contributed by atoms with Crippen molar-refractivity contribution in [3.63, 3.8) is 0 Å². The van der Waals surface area contributed by atoms with Crippen LogP contribution in [0.25, 0.3) is 0 Å². The molecule has 1 rings (SSSR count). The molecule has 0 aliphatic rings. The third kappa shape index (κ3) is 3.05. The highest BCUT2D eigenvalue weighted by atomic mass is 16.5. The summed E-state index contributed by atoms with van der Waals surface area (Å²) in [7, 11) is 1.27. The molecule has 1 N–H and O–H groups in total. The summed E-state index contributed by atoms with van der Waals surface area (Å²) in [6, 6.07) is 6.75. The van der Waals surface area contributed by atoms with E-state index in [0.717, 1.165) is 5.56 Å². The second-order valence-electron chi connectivity index (χ2n) is 3.37. The number of anilines is 1. The first kappa shape index (κ1) is 12.7. The van der Waals surface area contributed by atoms with Gasteiger partial charge in [-0.3, -0.25) is 4.79 Å². The fraction of sp³-hybridized carbons (Fsp3) is 0.250. The minimum absolute atomic E-state index is 0.255. The maximum absolute atomic E-state index is 11.5. The molecular formula is C12H12N2O3. The summed E-state index contributed by atoms with van der Waals surface area (Å²) in [6.07, 6.45) is -0.255. The largest absolute Gasteiger partial charge is 0.465 e. The molecule has 5 nitrogen and oxygen atoms in total. The Kier molecular flexibility index (Phi) is 4.23. The second kappa shape index (κ2) is 5.66. The predicted octanol–water partition coefficient (Wildman–Crippen LogP) is 1.63. The summed E-state index contributed by atoms with van der Waals surface area (Å²) in [5.41, 5.74) is 1.40. The van der Waals surface area contributed by atoms with E-state index >= 15 is 0 Å². The molecule has 0 aromatic heterocycles. The van der Waals surface area contributed by atoms with Crippen molar-refractivity contribution in [2.24, 2.45) is 0 Å². The van der Waals surface area contributed by atoms with E-state index in [9.17, 15) is 9.59 Å². The number of hydrogen-bond donors (Lipinski definition) is 1. The van der Waals surface area contributed by atoms with Gasteiger partial charge in [0.05, 0.1) is 24.4 Å². The molecule has 0 aliphatic heterocycles. The van der Waals surface area contributed by atoms with Crippen molar-refractivity contribution in [1.82, 2.24) is 0 Å². The van der Waals surface area contributed by atoms with Crippen LogP contribution in [-0.2, 0) is 9.53 Å². The van der Waals surface area contributed by atoms with Gasteiger partial charge in [-0.05, 0) is 18.6 Å². The van der Waals surface area contributed by atoms with Crippen molar-refractivity contribution in [3.05, 3.63) is 29.3 Å². The van der Waals surface area contributed by atoms with Crippen LogP contribution in [-0.4, -0.2) is 19.0 Å². The number of esters is 1. The van der Waals surface area contributed by atoms with Crippen molar-refractivity contribution < 1.29 is 14.3 Å². The van der Waals surface area contributed by atoms with Gasteiger partial charge in [-0.1, -0.05) is 12.1 Å². The Morgan fingerprint density at radius 2 is 2.18 bits per heavy atom. The molecule has 0 fully saturated rings. The lowest BCUT2D eigenvalue weighted by Gasteiger charge is -2.11. The number of nitrogens with one attached hydrogen (secondary N) is 1. The number of rotatable bonds is 3. The molecule has 0 spiro atoms. The molecule has 5 heteroatoms. The Bertz CT molecular complexity index is 489. The molecule has 0 saturated heterocycles. The lowest BCUT2D eigenvalue weighted by Crippen LogP contribution is -2.15. The molecule has 0 aliphatic carbocycles. The van der Waals surface area contributed by atoms with E-state index in [1.54, 1.807) is 31.2 Å². The number of carbonyl (C=O) groups is 2. The highest BCUT2D eigenvalue weighted by Crippen LogP contribution is 2.21. The zero-order chi connectivity index (χ0) is 12.8. The Morgan fingerprint density at radius 1 is 1.47 bits per heavy atom. The Hall–Kier alpha value is -2.35. The third-order valence-electron chi connectivity index (χ3n) is 2.18. The summed E-state index contributed by atoms with van der Waals surface area (Å²) in [5.74, 6) is -0.979. The van der Waals surface area contributed by atoms with E-state index in [1.165, 1.54) is 7.11 Å². The minimum Gasteiger partial charge on any atom is -0.465 e. The molecule has 0 heterocycles. The van der Waals surface area contributed by atoms with Gasteiger partial charge in [0.15, 0.2) is 0 Å². The van der Waals surface area contributed by atoms with E-state index in [1.807, 2.05) is 0 Å². The molecule has 0 atom stereocenters. The topological polar surface area (TPSA) is 79.2 Å². The molecule has 0 unspecified atom stereocenters. The summed E-state index contributed by atoms with van der Waals surface area (Å²) in [6.45, 7) is 1.76. The van der Waals surface area contributed by atoms with E-state index in [2.05, 4.69) is 10.1 Å². The number of ether oxygens (including phenoxy) is 1. The van der Waals surface area contributed by atoms with Crippen LogP contribution < -0.4 is 5.32 Å². The number of carbonyl (C=O) groups excluding carboxylic acids is 2. The third-order valence-corrected chi connectivity index (χ3v) is 2.18. The Labute approximate surface area is 99.0 Å². The van der Waals surface area contributed by atoms with Gasteiger partial charge in [-0.15, -0.1) is 0 Å². The van der Waals surface area contributed by atoms with Crippen molar-refractivity contribution >= 4 is 17.6 Å². The van der Waals surface area contributed by atoms with E-state index in [0.29, 0.717) is 5.69 Å². The van der Waals surface area contributed by atoms with Crippen molar-refractivity contribution in [1.29, 1.82) is 5.26 Å². The molecule has 1 amide bonds. The predicted molar refractivity (Wildman–Crippen MR) is 61.4 cm³/mol. The zero-order valence-electron chi connectivity index (χ0n) is 9.61. The smallest absolute Gasteiger partial charge is 0.339 e. The molecule has 0 bridgehead atoms. The number of hydrogen-bond acceptors (Lipinski definition) is 4. The fourth-order valence-corrected chi connectivity index (χ4v) is 1.37. The highest BCUT2D eigenvalue weighted by Gasteiger charge is 2.15. The average Bonchev–Trinajstić information content (AvgIpc) is 2.31. The fourth-order valence-electron chi connectivity index (χ4n) is 1.37. The van der Waals surface area contributed by atoms with Crippen molar-refractivity contribution in [3.8, 4) is 6.07 Å². The van der Waals surface area contributed by atoms with Gasteiger partial charge in [0.2, 0.25) is 5.91 Å². The van der Waals surface area contributed by atoms with Crippen LogP contribution in [0.15, 0.2) is 18.2 Å². The van der Waals surface area contributed by atoms with Crippen LogP contribution in [0.2, 0.25) is 0 Å². The normalized spacial score (nSPS) is 9.24. The van der Waals surface area contributed by atoms with Gasteiger partial charge >= 0.3 is 5.97 Å². The first-order valence-corrected chi connectivity index (χ1v) is 4.95. The van der Waals surface area contributed by atoms with Gasteiger partial charge in [0.1, 0.15) is 6.42 Å². The van der Waals surface area contributed by atoms with E-state index in [4.69, 9.17) is 5.26 Å². The van der Waals surface area contributed by atoms with Gasteiger partial charge in [-0.25, -0.2) is 4.79 Å². The standard InChI is InChI=1S/C12H12N2O3/c1-8-4-3-5-9(12(16)17-2)11(8)14-10(15)6-7-13/h3-5H,6H2,1-2H3,(H,14,15). The van der Waals surface area contributed by atoms with Crippen LogP contribution in [0.3, 0.4) is 0 Å². The number of para-hydroxylation sites is 1.